The van der Waals surface area contributed by atoms with Crippen LogP contribution in [0.3, 0.4) is 0 Å². The number of benzene rings is 2. The zero-order valence-corrected chi connectivity index (χ0v) is 15.6. The van der Waals surface area contributed by atoms with E-state index < -0.39 is 0 Å². The highest BCUT2D eigenvalue weighted by Gasteiger charge is 2.40. The van der Waals surface area contributed by atoms with E-state index in [4.69, 9.17) is 9.47 Å². The Bertz CT molecular complexity index is 856. The largest absolute Gasteiger partial charge is 0.465 e. The number of hydrogen-bond donors (Lipinski definition) is 1. The van der Waals surface area contributed by atoms with Gasteiger partial charge in [0, 0.05) is 23.8 Å². The molecule has 1 saturated heterocycles. The average Bonchev–Trinajstić information content (AvgIpc) is 3.58. The Balaban J connectivity index is 1.49. The number of ether oxygens (including phenoxy) is 2. The minimum Gasteiger partial charge on any atom is -0.465 e. The van der Waals surface area contributed by atoms with Crippen molar-refractivity contribution in [2.75, 3.05) is 19.0 Å². The molecule has 140 valence electrons. The summed E-state index contributed by atoms with van der Waals surface area (Å²) in [5.41, 5.74) is 5.75. The molecular formula is C23H25NO3. The van der Waals surface area contributed by atoms with Crippen LogP contribution < -0.4 is 5.32 Å². The van der Waals surface area contributed by atoms with Gasteiger partial charge in [0.05, 0.1) is 24.8 Å². The predicted octanol–water partition coefficient (Wildman–Crippen LogP) is 4.99. The van der Waals surface area contributed by atoms with Crippen molar-refractivity contribution >= 4 is 11.7 Å². The number of carbonyl (C=O) groups excluding carboxylic acids is 1. The number of nitrogens with one attached hydrogen (secondary N) is 1. The van der Waals surface area contributed by atoms with E-state index in [1.54, 1.807) is 0 Å². The van der Waals surface area contributed by atoms with Crippen molar-refractivity contribution in [1.29, 1.82) is 0 Å². The molecule has 3 aliphatic rings. The molecule has 2 aliphatic heterocycles. The predicted molar refractivity (Wildman–Crippen MR) is 104 cm³/mol. The van der Waals surface area contributed by atoms with E-state index in [0.29, 0.717) is 11.5 Å². The molecule has 1 N–H and O–H groups in total. The second kappa shape index (κ2) is 6.68. The number of fused-ring (bicyclic) bond motifs is 3. The van der Waals surface area contributed by atoms with Crippen LogP contribution in [0.5, 0.6) is 0 Å². The minimum atomic E-state index is -0.296. The Morgan fingerprint density at radius 1 is 1.07 bits per heavy atom. The number of carbonyl (C=O) groups is 1. The average molecular weight is 363 g/mol. The van der Waals surface area contributed by atoms with Gasteiger partial charge < -0.3 is 14.8 Å². The van der Waals surface area contributed by atoms with Gasteiger partial charge in [0.15, 0.2) is 0 Å². The molecule has 5 rings (SSSR count). The van der Waals surface area contributed by atoms with Gasteiger partial charge >= 0.3 is 5.97 Å². The molecule has 2 heterocycles. The van der Waals surface area contributed by atoms with Crippen LogP contribution >= 0.6 is 0 Å². The third-order valence-electron chi connectivity index (χ3n) is 6.23. The lowest BCUT2D eigenvalue weighted by Crippen LogP contribution is -2.36. The minimum absolute atomic E-state index is 0.152. The molecule has 0 bridgehead atoms. The van der Waals surface area contributed by atoms with Crippen molar-refractivity contribution in [1.82, 2.24) is 0 Å². The summed E-state index contributed by atoms with van der Waals surface area (Å²) in [5.74, 6) is 0.862. The van der Waals surface area contributed by atoms with Crippen LogP contribution in [0, 0.1) is 5.92 Å². The van der Waals surface area contributed by atoms with Gasteiger partial charge in [-0.2, -0.15) is 0 Å². The van der Waals surface area contributed by atoms with Crippen molar-refractivity contribution in [3.63, 3.8) is 0 Å². The molecule has 0 amide bonds. The molecule has 1 aliphatic carbocycles. The maximum atomic E-state index is 11.7. The number of hydrogen-bond acceptors (Lipinski definition) is 4. The zero-order valence-electron chi connectivity index (χ0n) is 15.6. The smallest absolute Gasteiger partial charge is 0.337 e. The number of esters is 1. The lowest BCUT2D eigenvalue weighted by molar-refractivity contribution is -0.0381. The second-order valence-electron chi connectivity index (χ2n) is 7.95. The third-order valence-corrected chi connectivity index (χ3v) is 6.23. The van der Waals surface area contributed by atoms with Crippen molar-refractivity contribution < 1.29 is 14.3 Å². The molecule has 2 fully saturated rings. The van der Waals surface area contributed by atoms with E-state index in [9.17, 15) is 4.79 Å². The van der Waals surface area contributed by atoms with E-state index >= 15 is 0 Å². The van der Waals surface area contributed by atoms with Gasteiger partial charge in [0.2, 0.25) is 0 Å². The standard InChI is InChI=1S/C23H25NO3/c1-26-23(25)16-8-6-15(7-9-16)21-18-3-2-12-27-22(18)19-13-17(14-4-5-14)10-11-20(19)24-21/h6-11,13-14,18,21-22,24H,2-5,12H2,1H3/t18-,21-,22-/m1/s1. The van der Waals surface area contributed by atoms with E-state index in [0.717, 1.165) is 25.4 Å². The fourth-order valence-electron chi connectivity index (χ4n) is 4.63. The topological polar surface area (TPSA) is 47.6 Å². The monoisotopic (exact) mass is 363 g/mol. The second-order valence-corrected chi connectivity index (χ2v) is 7.95. The van der Waals surface area contributed by atoms with Gasteiger partial charge in [-0.15, -0.1) is 0 Å². The van der Waals surface area contributed by atoms with Crippen LogP contribution in [0.25, 0.3) is 0 Å². The first kappa shape index (κ1) is 16.8. The molecule has 4 heteroatoms. The van der Waals surface area contributed by atoms with Gasteiger partial charge in [-0.3, -0.25) is 0 Å². The quantitative estimate of drug-likeness (QED) is 0.781. The van der Waals surface area contributed by atoms with E-state index in [-0.39, 0.29) is 18.1 Å². The number of methoxy groups -OCH3 is 1. The first-order valence-corrected chi connectivity index (χ1v) is 9.95. The molecule has 4 nitrogen and oxygen atoms in total. The number of rotatable bonds is 3. The van der Waals surface area contributed by atoms with Crippen molar-refractivity contribution in [3.05, 3.63) is 64.7 Å². The van der Waals surface area contributed by atoms with Crippen molar-refractivity contribution in [2.45, 2.75) is 43.7 Å². The summed E-state index contributed by atoms with van der Waals surface area (Å²) in [4.78, 5) is 11.7. The van der Waals surface area contributed by atoms with Gasteiger partial charge in [-0.05, 0) is 60.9 Å². The SMILES string of the molecule is COC(=O)c1ccc([C@H]2Nc3ccc(C4CC4)cc3[C@@H]3OCCC[C@H]23)cc1. The van der Waals surface area contributed by atoms with Crippen molar-refractivity contribution in [2.24, 2.45) is 5.92 Å². The summed E-state index contributed by atoms with van der Waals surface area (Å²) in [6.07, 6.45) is 5.02. The highest BCUT2D eigenvalue weighted by molar-refractivity contribution is 5.89. The maximum absolute atomic E-state index is 11.7. The summed E-state index contributed by atoms with van der Waals surface area (Å²) in [6, 6.07) is 14.9. The Hall–Kier alpha value is -2.33. The Morgan fingerprint density at radius 3 is 2.59 bits per heavy atom. The molecule has 0 aromatic heterocycles. The molecule has 0 radical (unpaired) electrons. The first-order chi connectivity index (χ1) is 13.2. The number of anilines is 1. The van der Waals surface area contributed by atoms with Gasteiger partial charge in [0.1, 0.15) is 0 Å². The fourth-order valence-corrected chi connectivity index (χ4v) is 4.63. The van der Waals surface area contributed by atoms with Crippen LogP contribution in [0.15, 0.2) is 42.5 Å². The van der Waals surface area contributed by atoms with E-state index in [2.05, 4.69) is 23.5 Å². The molecule has 3 atom stereocenters. The molecular weight excluding hydrogens is 338 g/mol. The molecule has 27 heavy (non-hydrogen) atoms. The first-order valence-electron chi connectivity index (χ1n) is 9.95. The van der Waals surface area contributed by atoms with E-state index in [1.165, 1.54) is 42.3 Å². The molecule has 0 spiro atoms. The third kappa shape index (κ3) is 3.02. The lowest BCUT2D eigenvalue weighted by atomic mass is 9.77. The molecule has 2 aromatic rings. The fraction of sp³-hybridized carbons (Fsp3) is 0.435. The zero-order chi connectivity index (χ0) is 18.4. The van der Waals surface area contributed by atoms with Crippen LogP contribution in [0.2, 0.25) is 0 Å². The Kier molecular flexibility index (Phi) is 4.16. The Morgan fingerprint density at radius 2 is 1.85 bits per heavy atom. The Labute approximate surface area is 159 Å². The lowest BCUT2D eigenvalue weighted by Gasteiger charge is -2.43. The molecule has 1 saturated carbocycles. The summed E-state index contributed by atoms with van der Waals surface area (Å²) < 4.78 is 11.1. The summed E-state index contributed by atoms with van der Waals surface area (Å²) >= 11 is 0. The normalized spacial score (nSPS) is 26.5. The van der Waals surface area contributed by atoms with E-state index in [1.807, 2.05) is 24.3 Å². The highest BCUT2D eigenvalue weighted by Crippen LogP contribution is 2.51. The molecule has 0 unspecified atom stereocenters. The maximum Gasteiger partial charge on any atom is 0.337 e. The van der Waals surface area contributed by atoms with Crippen LogP contribution in [0.4, 0.5) is 5.69 Å². The summed E-state index contributed by atoms with van der Waals surface area (Å²) in [7, 11) is 1.41. The van der Waals surface area contributed by atoms with Gasteiger partial charge in [-0.1, -0.05) is 24.3 Å². The van der Waals surface area contributed by atoms with Crippen LogP contribution in [-0.2, 0) is 9.47 Å². The van der Waals surface area contributed by atoms with Crippen molar-refractivity contribution in [3.8, 4) is 0 Å². The van der Waals surface area contributed by atoms with Crippen LogP contribution in [-0.4, -0.2) is 19.7 Å². The summed E-state index contributed by atoms with van der Waals surface area (Å²) in [6.45, 7) is 0.836. The summed E-state index contributed by atoms with van der Waals surface area (Å²) in [5, 5.41) is 3.77. The van der Waals surface area contributed by atoms with Crippen LogP contribution in [0.1, 0.15) is 70.8 Å². The van der Waals surface area contributed by atoms with Gasteiger partial charge in [-0.25, -0.2) is 4.79 Å². The highest BCUT2D eigenvalue weighted by atomic mass is 16.5. The molecule has 2 aromatic carbocycles. The van der Waals surface area contributed by atoms with Gasteiger partial charge in [0.25, 0.3) is 0 Å².